The standard InChI is InChI=1S/C31H38N2/c1-22-16-18-26-24(20-22)30(3,4)28(32(26)7)14-12-10-9-11-13-15-29-31(5,6)25-21-23(2)17-19-27(25)33(29)8/h9-21,28H,1-8H3/b10-9+,13-11+,14-12+,29-15-. The fourth-order valence-corrected chi connectivity index (χ4v) is 5.60. The molecule has 4 rings (SSSR count). The fourth-order valence-electron chi connectivity index (χ4n) is 5.60. The number of hydrogen-bond acceptors (Lipinski definition) is 2. The van der Waals surface area contributed by atoms with Crippen molar-refractivity contribution in [3.63, 3.8) is 0 Å². The number of fused-ring (bicyclic) bond motifs is 2. The van der Waals surface area contributed by atoms with Crippen LogP contribution in [0.1, 0.15) is 49.9 Å². The Labute approximate surface area is 200 Å². The third kappa shape index (κ3) is 3.97. The van der Waals surface area contributed by atoms with Gasteiger partial charge in [0.2, 0.25) is 0 Å². The van der Waals surface area contributed by atoms with Crippen LogP contribution in [-0.2, 0) is 10.8 Å². The highest BCUT2D eigenvalue weighted by atomic mass is 15.2. The molecule has 172 valence electrons. The molecular weight excluding hydrogens is 400 g/mol. The second-order valence-electron chi connectivity index (χ2n) is 10.7. The summed E-state index contributed by atoms with van der Waals surface area (Å²) in [7, 11) is 4.37. The van der Waals surface area contributed by atoms with Crippen molar-refractivity contribution in [1.29, 1.82) is 0 Å². The van der Waals surface area contributed by atoms with Crippen molar-refractivity contribution in [3.05, 3.63) is 107 Å². The Hall–Kier alpha value is -3.00. The van der Waals surface area contributed by atoms with Crippen LogP contribution in [-0.4, -0.2) is 20.1 Å². The van der Waals surface area contributed by atoms with E-state index in [4.69, 9.17) is 0 Å². The molecule has 0 fully saturated rings. The molecule has 2 aliphatic rings. The molecule has 0 aromatic heterocycles. The average molecular weight is 439 g/mol. The van der Waals surface area contributed by atoms with Crippen molar-refractivity contribution in [2.45, 2.75) is 58.4 Å². The van der Waals surface area contributed by atoms with Gasteiger partial charge in [0.15, 0.2) is 0 Å². The average Bonchev–Trinajstić information content (AvgIpc) is 3.06. The third-order valence-corrected chi connectivity index (χ3v) is 7.56. The summed E-state index contributed by atoms with van der Waals surface area (Å²) in [5.74, 6) is 0. The Morgan fingerprint density at radius 2 is 1.30 bits per heavy atom. The molecule has 0 radical (unpaired) electrons. The summed E-state index contributed by atoms with van der Waals surface area (Å²) < 4.78 is 0. The van der Waals surface area contributed by atoms with Crippen LogP contribution in [0.3, 0.4) is 0 Å². The molecule has 0 bridgehead atoms. The van der Waals surface area contributed by atoms with E-state index in [1.54, 1.807) is 0 Å². The molecule has 1 atom stereocenters. The maximum absolute atomic E-state index is 2.40. The first-order valence-electron chi connectivity index (χ1n) is 12.0. The Balaban J connectivity index is 1.44. The maximum atomic E-state index is 2.40. The molecule has 0 N–H and O–H groups in total. The van der Waals surface area contributed by atoms with E-state index >= 15 is 0 Å². The van der Waals surface area contributed by atoms with E-state index in [1.807, 2.05) is 0 Å². The number of likely N-dealkylation sites (N-methyl/N-ethyl adjacent to an activating group) is 2. The van der Waals surface area contributed by atoms with E-state index in [-0.39, 0.29) is 10.8 Å². The molecule has 0 amide bonds. The van der Waals surface area contributed by atoms with Gasteiger partial charge in [0, 0.05) is 42.0 Å². The fraction of sp³-hybridized carbons (Fsp3) is 0.355. The minimum Gasteiger partial charge on any atom is -0.367 e. The first-order valence-corrected chi connectivity index (χ1v) is 12.0. The predicted molar refractivity (Wildman–Crippen MR) is 145 cm³/mol. The zero-order valence-electron chi connectivity index (χ0n) is 21.5. The number of rotatable bonds is 4. The second kappa shape index (κ2) is 8.41. The van der Waals surface area contributed by atoms with Gasteiger partial charge < -0.3 is 9.80 Å². The number of aryl methyl sites for hydroxylation is 2. The summed E-state index contributed by atoms with van der Waals surface area (Å²) in [4.78, 5) is 4.72. The van der Waals surface area contributed by atoms with Gasteiger partial charge in [-0.2, -0.15) is 0 Å². The molecule has 2 aliphatic heterocycles. The van der Waals surface area contributed by atoms with E-state index in [0.717, 1.165) is 0 Å². The zero-order chi connectivity index (χ0) is 24.0. The lowest BCUT2D eigenvalue weighted by molar-refractivity contribution is 0.487. The highest BCUT2D eigenvalue weighted by molar-refractivity contribution is 5.71. The van der Waals surface area contributed by atoms with E-state index in [9.17, 15) is 0 Å². The van der Waals surface area contributed by atoms with Crippen molar-refractivity contribution in [2.75, 3.05) is 23.9 Å². The van der Waals surface area contributed by atoms with E-state index in [1.165, 1.54) is 39.3 Å². The summed E-state index contributed by atoms with van der Waals surface area (Å²) in [6.07, 6.45) is 15.3. The van der Waals surface area contributed by atoms with Crippen LogP contribution in [0, 0.1) is 13.8 Å². The van der Waals surface area contributed by atoms with E-state index in [2.05, 4.69) is 144 Å². The van der Waals surface area contributed by atoms with Crippen molar-refractivity contribution in [2.24, 2.45) is 0 Å². The van der Waals surface area contributed by atoms with Gasteiger partial charge in [-0.15, -0.1) is 0 Å². The van der Waals surface area contributed by atoms with Gasteiger partial charge in [0.25, 0.3) is 0 Å². The summed E-state index contributed by atoms with van der Waals surface area (Å²) >= 11 is 0. The number of benzene rings is 2. The minimum absolute atomic E-state index is 0.00998. The van der Waals surface area contributed by atoms with Crippen molar-refractivity contribution >= 4 is 11.4 Å². The molecule has 2 nitrogen and oxygen atoms in total. The SMILES string of the molecule is Cc1ccc2c(c1)C(C)(C)/C(=C/C=C/C=C/C=C/C1N(C)c3ccc(C)cc3C1(C)C)N2C. The molecule has 2 aromatic rings. The molecule has 0 aliphatic carbocycles. The number of hydrogen-bond donors (Lipinski definition) is 0. The lowest BCUT2D eigenvalue weighted by atomic mass is 9.80. The Morgan fingerprint density at radius 1 is 0.727 bits per heavy atom. The van der Waals surface area contributed by atoms with Gasteiger partial charge in [-0.1, -0.05) is 99.5 Å². The van der Waals surface area contributed by atoms with Gasteiger partial charge in [-0.05, 0) is 43.2 Å². The van der Waals surface area contributed by atoms with Crippen molar-refractivity contribution in [3.8, 4) is 0 Å². The monoisotopic (exact) mass is 438 g/mol. The summed E-state index contributed by atoms with van der Waals surface area (Å²) in [5.41, 5.74) is 9.56. The van der Waals surface area contributed by atoms with Gasteiger partial charge >= 0.3 is 0 Å². The number of nitrogens with zero attached hydrogens (tertiary/aromatic N) is 2. The number of anilines is 2. The molecule has 0 saturated carbocycles. The van der Waals surface area contributed by atoms with Crippen LogP contribution in [0.15, 0.2) is 84.6 Å². The lowest BCUT2D eigenvalue weighted by Crippen LogP contribution is -2.37. The van der Waals surface area contributed by atoms with Crippen molar-refractivity contribution < 1.29 is 0 Å². The summed E-state index contributed by atoms with van der Waals surface area (Å²) in [6, 6.07) is 13.9. The molecule has 0 spiro atoms. The topological polar surface area (TPSA) is 6.48 Å². The molecule has 2 aromatic carbocycles. The normalized spacial score (nSPS) is 22.3. The van der Waals surface area contributed by atoms with Crippen LogP contribution in [0.4, 0.5) is 11.4 Å². The predicted octanol–water partition coefficient (Wildman–Crippen LogP) is 7.38. The molecule has 2 heteroatoms. The first kappa shape index (κ1) is 23.2. The van der Waals surface area contributed by atoms with Gasteiger partial charge in [-0.3, -0.25) is 0 Å². The molecule has 1 unspecified atom stereocenters. The van der Waals surface area contributed by atoms with Crippen LogP contribution >= 0.6 is 0 Å². The Morgan fingerprint density at radius 3 is 2.00 bits per heavy atom. The largest absolute Gasteiger partial charge is 0.367 e. The molecule has 0 saturated heterocycles. The minimum atomic E-state index is 0.00998. The van der Waals surface area contributed by atoms with Crippen molar-refractivity contribution in [1.82, 2.24) is 0 Å². The highest BCUT2D eigenvalue weighted by Gasteiger charge is 2.41. The van der Waals surface area contributed by atoms with E-state index < -0.39 is 0 Å². The third-order valence-electron chi connectivity index (χ3n) is 7.56. The second-order valence-corrected chi connectivity index (χ2v) is 10.7. The van der Waals surface area contributed by atoms with E-state index in [0.29, 0.717) is 6.04 Å². The van der Waals surface area contributed by atoms with Crippen LogP contribution in [0.5, 0.6) is 0 Å². The van der Waals surface area contributed by atoms with Gasteiger partial charge in [0.1, 0.15) is 0 Å². The van der Waals surface area contributed by atoms with Crippen LogP contribution in [0.25, 0.3) is 0 Å². The molecular formula is C31H38N2. The summed E-state index contributed by atoms with van der Waals surface area (Å²) in [6.45, 7) is 13.7. The summed E-state index contributed by atoms with van der Waals surface area (Å²) in [5, 5.41) is 0. The quantitative estimate of drug-likeness (QED) is 0.460. The Bertz CT molecular complexity index is 1170. The number of allylic oxidation sites excluding steroid dienone is 7. The van der Waals surface area contributed by atoms with Crippen LogP contribution in [0.2, 0.25) is 0 Å². The first-order chi connectivity index (χ1) is 15.5. The maximum Gasteiger partial charge on any atom is 0.0565 e. The molecule has 33 heavy (non-hydrogen) atoms. The lowest BCUT2D eigenvalue weighted by Gasteiger charge is -2.29. The highest BCUT2D eigenvalue weighted by Crippen LogP contribution is 2.47. The van der Waals surface area contributed by atoms with Crippen LogP contribution < -0.4 is 9.80 Å². The molecule has 2 heterocycles. The zero-order valence-corrected chi connectivity index (χ0v) is 21.5. The van der Waals surface area contributed by atoms with Gasteiger partial charge in [0.05, 0.1) is 6.04 Å². The van der Waals surface area contributed by atoms with Gasteiger partial charge in [-0.25, -0.2) is 0 Å². The Kier molecular flexibility index (Phi) is 5.90. The smallest absolute Gasteiger partial charge is 0.0565 e.